The Kier molecular flexibility index (Phi) is 5.51. The van der Waals surface area contributed by atoms with Crippen LogP contribution in [0.1, 0.15) is 10.4 Å². The van der Waals surface area contributed by atoms with E-state index in [9.17, 15) is 25.0 Å². The summed E-state index contributed by atoms with van der Waals surface area (Å²) >= 11 is 0. The number of hydrogen-bond donors (Lipinski definition) is 0. The van der Waals surface area contributed by atoms with Crippen LogP contribution in [-0.4, -0.2) is 16.1 Å². The molecule has 0 saturated heterocycles. The first-order valence-corrected chi connectivity index (χ1v) is 5.43. The van der Waals surface area contributed by atoms with E-state index in [1.54, 1.807) is 12.1 Å². The van der Waals surface area contributed by atoms with Crippen LogP contribution in [-0.2, 0) is 0 Å². The van der Waals surface area contributed by atoms with E-state index in [0.717, 1.165) is 36.1 Å². The molecule has 0 aliphatic rings. The second-order valence-corrected chi connectivity index (χ2v) is 3.56. The SMILES string of the molecule is O=Cc1ccccc1.O=[N+]([O-])c1ccc([N+](=O)[O-])cc1. The third-order valence-electron chi connectivity index (χ3n) is 2.21. The van der Waals surface area contributed by atoms with Gasteiger partial charge < -0.3 is 0 Å². The first kappa shape index (κ1) is 15.0. The van der Waals surface area contributed by atoms with Crippen LogP contribution in [0.2, 0.25) is 0 Å². The first-order valence-electron chi connectivity index (χ1n) is 5.43. The molecule has 0 N–H and O–H groups in total. The highest BCUT2D eigenvalue weighted by Crippen LogP contribution is 2.16. The van der Waals surface area contributed by atoms with E-state index in [-0.39, 0.29) is 11.4 Å². The summed E-state index contributed by atoms with van der Waals surface area (Å²) in [5.74, 6) is 0. The number of hydrogen-bond acceptors (Lipinski definition) is 5. The van der Waals surface area contributed by atoms with Gasteiger partial charge in [0.1, 0.15) is 6.29 Å². The molecule has 0 aliphatic heterocycles. The zero-order chi connectivity index (χ0) is 15.0. The lowest BCUT2D eigenvalue weighted by atomic mass is 10.2. The Bertz CT molecular complexity index is 563. The highest BCUT2D eigenvalue weighted by atomic mass is 16.6. The molecule has 0 aromatic heterocycles. The van der Waals surface area contributed by atoms with Crippen LogP contribution in [0.4, 0.5) is 11.4 Å². The molecule has 0 spiro atoms. The van der Waals surface area contributed by atoms with Gasteiger partial charge in [0, 0.05) is 29.8 Å². The van der Waals surface area contributed by atoms with E-state index >= 15 is 0 Å². The molecule has 20 heavy (non-hydrogen) atoms. The summed E-state index contributed by atoms with van der Waals surface area (Å²) in [6.07, 6.45) is 0.833. The van der Waals surface area contributed by atoms with Crippen molar-refractivity contribution in [3.63, 3.8) is 0 Å². The summed E-state index contributed by atoms with van der Waals surface area (Å²) < 4.78 is 0. The Morgan fingerprint density at radius 3 is 1.40 bits per heavy atom. The quantitative estimate of drug-likeness (QED) is 0.486. The zero-order valence-corrected chi connectivity index (χ0v) is 10.2. The van der Waals surface area contributed by atoms with Crippen LogP contribution in [0.25, 0.3) is 0 Å². The maximum atomic E-state index is 10.1. The Hall–Kier alpha value is -3.09. The molecule has 0 saturated carbocycles. The van der Waals surface area contributed by atoms with Gasteiger partial charge in [0.05, 0.1) is 9.85 Å². The fourth-order valence-corrected chi connectivity index (χ4v) is 1.23. The Morgan fingerprint density at radius 2 is 1.15 bits per heavy atom. The zero-order valence-electron chi connectivity index (χ0n) is 10.2. The molecule has 0 heterocycles. The van der Waals surface area contributed by atoms with E-state index in [1.165, 1.54) is 0 Å². The summed E-state index contributed by atoms with van der Waals surface area (Å²) in [4.78, 5) is 29.0. The molecule has 7 nitrogen and oxygen atoms in total. The molecule has 0 bridgehead atoms. The molecule has 0 radical (unpaired) electrons. The van der Waals surface area contributed by atoms with Crippen molar-refractivity contribution in [2.75, 3.05) is 0 Å². The van der Waals surface area contributed by atoms with Crippen LogP contribution >= 0.6 is 0 Å². The van der Waals surface area contributed by atoms with Crippen LogP contribution in [0.15, 0.2) is 54.6 Å². The van der Waals surface area contributed by atoms with E-state index < -0.39 is 9.85 Å². The highest BCUT2D eigenvalue weighted by molar-refractivity contribution is 5.74. The summed E-state index contributed by atoms with van der Waals surface area (Å²) in [7, 11) is 0. The van der Waals surface area contributed by atoms with Crippen LogP contribution in [0.5, 0.6) is 0 Å². The molecule has 2 aromatic carbocycles. The number of non-ortho nitro benzene ring substituents is 2. The predicted octanol–water partition coefficient (Wildman–Crippen LogP) is 3.00. The molecule has 2 rings (SSSR count). The maximum absolute atomic E-state index is 10.1. The molecular weight excluding hydrogens is 264 g/mol. The number of carbonyl (C=O) groups is 1. The third-order valence-corrected chi connectivity index (χ3v) is 2.21. The van der Waals surface area contributed by atoms with E-state index in [4.69, 9.17) is 0 Å². The Morgan fingerprint density at radius 1 is 0.750 bits per heavy atom. The predicted molar refractivity (Wildman–Crippen MR) is 71.6 cm³/mol. The molecule has 0 aliphatic carbocycles. The van der Waals surface area contributed by atoms with Crippen molar-refractivity contribution in [1.82, 2.24) is 0 Å². The van der Waals surface area contributed by atoms with Gasteiger partial charge in [-0.3, -0.25) is 25.0 Å². The standard InChI is InChI=1S/C7H6O.C6H4N2O4/c8-6-7-4-2-1-3-5-7;9-7(10)5-1-2-6(4-3-5)8(11)12/h1-6H;1-4H. The van der Waals surface area contributed by atoms with Crippen molar-refractivity contribution >= 4 is 17.7 Å². The number of nitro benzene ring substituents is 2. The number of rotatable bonds is 3. The second-order valence-electron chi connectivity index (χ2n) is 3.56. The molecule has 0 atom stereocenters. The van der Waals surface area contributed by atoms with E-state index in [2.05, 4.69) is 0 Å². The molecule has 0 fully saturated rings. The number of benzene rings is 2. The lowest BCUT2D eigenvalue weighted by molar-refractivity contribution is -0.389. The monoisotopic (exact) mass is 274 g/mol. The molecule has 0 unspecified atom stereocenters. The normalized spacial score (nSPS) is 9.00. The lowest BCUT2D eigenvalue weighted by Gasteiger charge is -1.90. The van der Waals surface area contributed by atoms with Crippen molar-refractivity contribution in [2.24, 2.45) is 0 Å². The molecule has 2 aromatic rings. The third kappa shape index (κ3) is 4.65. The molecule has 102 valence electrons. The van der Waals surface area contributed by atoms with Crippen molar-refractivity contribution in [1.29, 1.82) is 0 Å². The maximum Gasteiger partial charge on any atom is 0.269 e. The number of carbonyl (C=O) groups excluding carboxylic acids is 1. The number of aldehydes is 1. The van der Waals surface area contributed by atoms with Gasteiger partial charge in [-0.15, -0.1) is 0 Å². The topological polar surface area (TPSA) is 103 Å². The minimum Gasteiger partial charge on any atom is -0.298 e. The molecule has 7 heteroatoms. The lowest BCUT2D eigenvalue weighted by Crippen LogP contribution is -1.90. The van der Waals surface area contributed by atoms with Crippen molar-refractivity contribution < 1.29 is 14.6 Å². The fraction of sp³-hybridized carbons (Fsp3) is 0. The van der Waals surface area contributed by atoms with Crippen LogP contribution in [0, 0.1) is 20.2 Å². The average Bonchev–Trinajstić information content (AvgIpc) is 2.48. The summed E-state index contributed by atoms with van der Waals surface area (Å²) in [6, 6.07) is 13.5. The van der Waals surface area contributed by atoms with Gasteiger partial charge >= 0.3 is 0 Å². The van der Waals surface area contributed by atoms with Gasteiger partial charge in [-0.05, 0) is 0 Å². The summed E-state index contributed by atoms with van der Waals surface area (Å²) in [5.41, 5.74) is 0.425. The highest BCUT2D eigenvalue weighted by Gasteiger charge is 2.08. The summed E-state index contributed by atoms with van der Waals surface area (Å²) in [5, 5.41) is 20.2. The number of nitrogens with zero attached hydrogens (tertiary/aromatic N) is 2. The Labute approximate surface area is 113 Å². The second kappa shape index (κ2) is 7.37. The molecular formula is C13H10N2O5. The minimum atomic E-state index is -0.607. The minimum absolute atomic E-state index is 0.152. The van der Waals surface area contributed by atoms with E-state index in [0.29, 0.717) is 0 Å². The average molecular weight is 274 g/mol. The van der Waals surface area contributed by atoms with Crippen LogP contribution in [0.3, 0.4) is 0 Å². The first-order chi connectivity index (χ1) is 9.54. The summed E-state index contributed by atoms with van der Waals surface area (Å²) in [6.45, 7) is 0. The smallest absolute Gasteiger partial charge is 0.269 e. The Balaban J connectivity index is 0.000000217. The van der Waals surface area contributed by atoms with Crippen molar-refractivity contribution in [3.05, 3.63) is 80.4 Å². The van der Waals surface area contributed by atoms with Crippen LogP contribution < -0.4 is 0 Å². The van der Waals surface area contributed by atoms with Crippen molar-refractivity contribution in [3.8, 4) is 0 Å². The van der Waals surface area contributed by atoms with Gasteiger partial charge in [0.25, 0.3) is 11.4 Å². The van der Waals surface area contributed by atoms with Gasteiger partial charge in [-0.1, -0.05) is 30.3 Å². The van der Waals surface area contributed by atoms with Crippen molar-refractivity contribution in [2.45, 2.75) is 0 Å². The molecule has 0 amide bonds. The van der Waals surface area contributed by atoms with Gasteiger partial charge in [0.15, 0.2) is 0 Å². The fourth-order valence-electron chi connectivity index (χ4n) is 1.23. The van der Waals surface area contributed by atoms with E-state index in [1.807, 2.05) is 18.2 Å². The van der Waals surface area contributed by atoms with Gasteiger partial charge in [0.2, 0.25) is 0 Å². The van der Waals surface area contributed by atoms with Gasteiger partial charge in [-0.25, -0.2) is 0 Å². The van der Waals surface area contributed by atoms with Gasteiger partial charge in [-0.2, -0.15) is 0 Å². The largest absolute Gasteiger partial charge is 0.298 e. The number of nitro groups is 2.